The van der Waals surface area contributed by atoms with Crippen molar-refractivity contribution in [1.82, 2.24) is 5.32 Å². The van der Waals surface area contributed by atoms with Gasteiger partial charge in [-0.05, 0) is 76.0 Å². The molecule has 1 aliphatic rings. The van der Waals surface area contributed by atoms with Gasteiger partial charge in [-0.25, -0.2) is 4.79 Å². The van der Waals surface area contributed by atoms with Gasteiger partial charge in [0.25, 0.3) is 0 Å². The fraction of sp³-hybridized carbons (Fsp3) is 0.652. The molecule has 1 amide bonds. The zero-order chi connectivity index (χ0) is 21.6. The number of methoxy groups -OCH3 is 1. The molecule has 0 radical (unpaired) electrons. The molecule has 1 aromatic rings. The van der Waals surface area contributed by atoms with Crippen molar-refractivity contribution < 1.29 is 24.2 Å². The highest BCUT2D eigenvalue weighted by molar-refractivity contribution is 5.89. The Hall–Kier alpha value is -2.08. The van der Waals surface area contributed by atoms with Gasteiger partial charge in [0, 0.05) is 5.56 Å². The first kappa shape index (κ1) is 23.2. The van der Waals surface area contributed by atoms with Gasteiger partial charge in [-0.3, -0.25) is 4.79 Å². The van der Waals surface area contributed by atoms with Crippen LogP contribution in [0.4, 0.5) is 0 Å². The topological polar surface area (TPSA) is 84.9 Å². The molecule has 1 unspecified atom stereocenters. The molecule has 2 rings (SSSR count). The van der Waals surface area contributed by atoms with Crippen molar-refractivity contribution in [3.05, 3.63) is 28.8 Å². The van der Waals surface area contributed by atoms with E-state index in [0.717, 1.165) is 23.1 Å². The average Bonchev–Trinajstić information content (AvgIpc) is 2.69. The third-order valence-corrected chi connectivity index (χ3v) is 5.99. The van der Waals surface area contributed by atoms with E-state index in [1.54, 1.807) is 21.0 Å². The van der Waals surface area contributed by atoms with E-state index in [-0.39, 0.29) is 30.8 Å². The van der Waals surface area contributed by atoms with E-state index in [2.05, 4.69) is 11.4 Å². The smallest absolute Gasteiger partial charge is 0.331 e. The molecule has 29 heavy (non-hydrogen) atoms. The molecule has 162 valence electrons. The molecule has 6 heteroatoms. The van der Waals surface area contributed by atoms with Gasteiger partial charge in [-0.15, -0.1) is 0 Å². The van der Waals surface area contributed by atoms with Crippen molar-refractivity contribution in [3.8, 4) is 5.75 Å². The Morgan fingerprint density at radius 3 is 2.45 bits per heavy atom. The first-order chi connectivity index (χ1) is 13.8. The number of aryl methyl sites for hydroxylation is 2. The fourth-order valence-corrected chi connectivity index (χ4v) is 4.29. The SMILES string of the molecule is CCOC(=O)C1(NC(=O)Cc2c(CC)cc(C)cc2OC)CCC(C(C)O)CC1. The van der Waals surface area contributed by atoms with Crippen molar-refractivity contribution in [2.24, 2.45) is 5.92 Å². The molecule has 0 aliphatic heterocycles. The van der Waals surface area contributed by atoms with E-state index in [9.17, 15) is 14.7 Å². The van der Waals surface area contributed by atoms with Crippen molar-refractivity contribution in [2.45, 2.75) is 77.9 Å². The van der Waals surface area contributed by atoms with Crippen molar-refractivity contribution >= 4 is 11.9 Å². The highest BCUT2D eigenvalue weighted by Crippen LogP contribution is 2.35. The highest BCUT2D eigenvalue weighted by atomic mass is 16.5. The predicted molar refractivity (Wildman–Crippen MR) is 112 cm³/mol. The minimum atomic E-state index is -1.03. The Balaban J connectivity index is 2.22. The quantitative estimate of drug-likeness (QED) is 0.649. The maximum Gasteiger partial charge on any atom is 0.331 e. The standard InChI is InChI=1S/C23H35NO5/c1-6-17-12-15(3)13-20(28-5)19(17)14-21(26)24-23(22(27)29-7-2)10-8-18(9-11-23)16(4)25/h12-13,16,18,25H,6-11,14H2,1-5H3,(H,24,26). The zero-order valence-corrected chi connectivity index (χ0v) is 18.3. The molecule has 0 bridgehead atoms. The summed E-state index contributed by atoms with van der Waals surface area (Å²) in [5, 5.41) is 12.9. The number of aliphatic hydroxyl groups is 1. The molecular weight excluding hydrogens is 370 g/mol. The largest absolute Gasteiger partial charge is 0.496 e. The molecule has 2 N–H and O–H groups in total. The van der Waals surface area contributed by atoms with Crippen LogP contribution < -0.4 is 10.1 Å². The normalized spacial score (nSPS) is 22.6. The number of ether oxygens (including phenoxy) is 2. The second-order valence-corrected chi connectivity index (χ2v) is 8.06. The lowest BCUT2D eigenvalue weighted by Gasteiger charge is -2.39. The summed E-state index contributed by atoms with van der Waals surface area (Å²) in [4.78, 5) is 25.8. The van der Waals surface area contributed by atoms with Crippen LogP contribution in [0.15, 0.2) is 12.1 Å². The van der Waals surface area contributed by atoms with Crippen molar-refractivity contribution in [3.63, 3.8) is 0 Å². The summed E-state index contributed by atoms with van der Waals surface area (Å²) in [6.07, 6.45) is 2.80. The number of benzene rings is 1. The number of carbonyl (C=O) groups excluding carboxylic acids is 2. The van der Waals surface area contributed by atoms with Gasteiger partial charge in [0.2, 0.25) is 5.91 Å². The molecule has 0 saturated heterocycles. The van der Waals surface area contributed by atoms with E-state index in [4.69, 9.17) is 9.47 Å². The molecular formula is C23H35NO5. The molecule has 6 nitrogen and oxygen atoms in total. The van der Waals surface area contributed by atoms with Gasteiger partial charge in [0.15, 0.2) is 0 Å². The van der Waals surface area contributed by atoms with Gasteiger partial charge in [-0.1, -0.05) is 13.0 Å². The molecule has 1 fully saturated rings. The number of nitrogens with one attached hydrogen (secondary N) is 1. The summed E-state index contributed by atoms with van der Waals surface area (Å²) in [6.45, 7) is 7.85. The van der Waals surface area contributed by atoms with E-state index >= 15 is 0 Å². The second kappa shape index (κ2) is 10.1. The number of carbonyl (C=O) groups is 2. The molecule has 1 aromatic carbocycles. The number of hydrogen-bond acceptors (Lipinski definition) is 5. The Labute approximate surface area is 174 Å². The second-order valence-electron chi connectivity index (χ2n) is 8.06. The molecule has 1 atom stereocenters. The Bertz CT molecular complexity index is 695. The highest BCUT2D eigenvalue weighted by Gasteiger charge is 2.45. The fourth-order valence-electron chi connectivity index (χ4n) is 4.29. The molecule has 0 spiro atoms. The van der Waals surface area contributed by atoms with Gasteiger partial charge in [0.1, 0.15) is 11.3 Å². The van der Waals surface area contributed by atoms with Gasteiger partial charge >= 0.3 is 5.97 Å². The number of aliphatic hydroxyl groups excluding tert-OH is 1. The van der Waals surface area contributed by atoms with Crippen molar-refractivity contribution in [2.75, 3.05) is 13.7 Å². The number of rotatable bonds is 8. The average molecular weight is 406 g/mol. The predicted octanol–water partition coefficient (Wildman–Crippen LogP) is 3.10. The third-order valence-electron chi connectivity index (χ3n) is 5.99. The molecule has 0 heterocycles. The van der Waals surface area contributed by atoms with E-state index < -0.39 is 11.6 Å². The van der Waals surface area contributed by atoms with Gasteiger partial charge in [0.05, 0.1) is 26.2 Å². The van der Waals surface area contributed by atoms with E-state index in [1.165, 1.54) is 0 Å². The van der Waals surface area contributed by atoms with Crippen LogP contribution in [0, 0.1) is 12.8 Å². The number of hydrogen-bond donors (Lipinski definition) is 2. The zero-order valence-electron chi connectivity index (χ0n) is 18.3. The van der Waals surface area contributed by atoms with Gasteiger partial charge < -0.3 is 19.9 Å². The van der Waals surface area contributed by atoms with Crippen LogP contribution in [0.1, 0.15) is 63.1 Å². The maximum atomic E-state index is 13.0. The van der Waals surface area contributed by atoms with Crippen LogP contribution in [-0.4, -0.2) is 42.3 Å². The summed E-state index contributed by atoms with van der Waals surface area (Å²) >= 11 is 0. The Kier molecular flexibility index (Phi) is 8.08. The lowest BCUT2D eigenvalue weighted by molar-refractivity contribution is -0.156. The van der Waals surface area contributed by atoms with Crippen LogP contribution in [0.3, 0.4) is 0 Å². The van der Waals surface area contributed by atoms with E-state index in [0.29, 0.717) is 31.4 Å². The van der Waals surface area contributed by atoms with Crippen LogP contribution in [0.2, 0.25) is 0 Å². The maximum absolute atomic E-state index is 13.0. The minimum Gasteiger partial charge on any atom is -0.496 e. The summed E-state index contributed by atoms with van der Waals surface area (Å²) in [5.74, 6) is 0.229. The van der Waals surface area contributed by atoms with Crippen LogP contribution in [-0.2, 0) is 27.2 Å². The summed E-state index contributed by atoms with van der Waals surface area (Å²) in [5.41, 5.74) is 1.99. The molecule has 1 saturated carbocycles. The first-order valence-corrected chi connectivity index (χ1v) is 10.6. The number of amides is 1. The van der Waals surface area contributed by atoms with Gasteiger partial charge in [-0.2, -0.15) is 0 Å². The summed E-state index contributed by atoms with van der Waals surface area (Å²) < 4.78 is 10.8. The molecule has 1 aliphatic carbocycles. The van der Waals surface area contributed by atoms with E-state index in [1.807, 2.05) is 19.9 Å². The van der Waals surface area contributed by atoms with Crippen LogP contribution in [0.5, 0.6) is 5.75 Å². The monoisotopic (exact) mass is 405 g/mol. The Morgan fingerprint density at radius 2 is 1.93 bits per heavy atom. The van der Waals surface area contributed by atoms with Crippen LogP contribution in [0.25, 0.3) is 0 Å². The lowest BCUT2D eigenvalue weighted by atomic mass is 9.74. The third kappa shape index (κ3) is 5.50. The number of esters is 1. The minimum absolute atomic E-state index is 0.137. The lowest BCUT2D eigenvalue weighted by Crippen LogP contribution is -2.58. The first-order valence-electron chi connectivity index (χ1n) is 10.6. The summed E-state index contributed by atoms with van der Waals surface area (Å²) in [6, 6.07) is 4.00. The molecule has 0 aromatic heterocycles. The van der Waals surface area contributed by atoms with Crippen molar-refractivity contribution in [1.29, 1.82) is 0 Å². The summed E-state index contributed by atoms with van der Waals surface area (Å²) in [7, 11) is 1.60. The van der Waals surface area contributed by atoms with Crippen LogP contribution >= 0.6 is 0 Å². The Morgan fingerprint density at radius 1 is 1.28 bits per heavy atom.